The van der Waals surface area contributed by atoms with Crippen molar-refractivity contribution in [2.24, 2.45) is 0 Å². The first-order valence-electron chi connectivity index (χ1n) is 11.3. The average molecular weight is 540 g/mol. The van der Waals surface area contributed by atoms with Gasteiger partial charge >= 0.3 is 6.01 Å². The highest BCUT2D eigenvalue weighted by molar-refractivity contribution is 7.23. The molecule has 0 aliphatic carbocycles. The number of ether oxygens (including phenoxy) is 1. The first kappa shape index (κ1) is 25.2. The van der Waals surface area contributed by atoms with Crippen molar-refractivity contribution >= 4 is 49.1 Å². The van der Waals surface area contributed by atoms with Crippen LogP contribution in [-0.4, -0.2) is 65.2 Å². The van der Waals surface area contributed by atoms with Crippen LogP contribution in [0.1, 0.15) is 5.56 Å². The maximum atomic E-state index is 16.1. The van der Waals surface area contributed by atoms with E-state index in [1.54, 1.807) is 7.05 Å². The van der Waals surface area contributed by atoms with E-state index < -0.39 is 29.8 Å². The molecule has 2 atom stereocenters. The summed E-state index contributed by atoms with van der Waals surface area (Å²) >= 11 is 0.887. The van der Waals surface area contributed by atoms with Gasteiger partial charge in [0.05, 0.1) is 35.3 Å². The van der Waals surface area contributed by atoms with E-state index in [0.29, 0.717) is 0 Å². The summed E-state index contributed by atoms with van der Waals surface area (Å²) < 4.78 is 50.9. The Balaban J connectivity index is 1.68. The summed E-state index contributed by atoms with van der Waals surface area (Å²) in [6, 6.07) is 3.47. The van der Waals surface area contributed by atoms with Crippen LogP contribution in [0.4, 0.5) is 24.0 Å². The Bertz CT molecular complexity index is 1670. The molecule has 0 saturated carbocycles. The van der Waals surface area contributed by atoms with Crippen molar-refractivity contribution in [3.05, 3.63) is 48.2 Å². The van der Waals surface area contributed by atoms with E-state index in [0.717, 1.165) is 23.5 Å². The van der Waals surface area contributed by atoms with Crippen LogP contribution in [0.5, 0.6) is 6.01 Å². The molecule has 1 aliphatic heterocycles. The zero-order valence-electron chi connectivity index (χ0n) is 20.2. The number of nitriles is 1. The molecule has 2 N–H and O–H groups in total. The number of fused-ring (bicyclic) bond motifs is 2. The lowest BCUT2D eigenvalue weighted by atomic mass is 10.0. The number of likely N-dealkylation sites (N-methyl/N-ethyl adjacent to an activating group) is 1. The Labute approximate surface area is 218 Å². The lowest BCUT2D eigenvalue weighted by molar-refractivity contribution is -0.125. The molecule has 9 nitrogen and oxygen atoms in total. The molecular weight excluding hydrogens is 519 g/mol. The zero-order valence-corrected chi connectivity index (χ0v) is 21.0. The number of carbonyl (C=O) groups excluding carboxylic acids is 1. The van der Waals surface area contributed by atoms with Gasteiger partial charge in [-0.05, 0) is 18.2 Å². The predicted molar refractivity (Wildman–Crippen MR) is 138 cm³/mol. The van der Waals surface area contributed by atoms with E-state index >= 15 is 4.39 Å². The topological polar surface area (TPSA) is 121 Å². The Kier molecular flexibility index (Phi) is 6.28. The van der Waals surface area contributed by atoms with Gasteiger partial charge in [0.2, 0.25) is 5.91 Å². The van der Waals surface area contributed by atoms with E-state index in [2.05, 4.69) is 21.5 Å². The van der Waals surface area contributed by atoms with Gasteiger partial charge in [0.1, 0.15) is 40.1 Å². The third-order valence-electron chi connectivity index (χ3n) is 6.55. The van der Waals surface area contributed by atoms with Gasteiger partial charge in [-0.1, -0.05) is 6.58 Å². The van der Waals surface area contributed by atoms with Crippen LogP contribution in [0.25, 0.3) is 32.2 Å². The van der Waals surface area contributed by atoms with Crippen molar-refractivity contribution in [3.8, 4) is 23.3 Å². The van der Waals surface area contributed by atoms with Crippen LogP contribution in [-0.2, 0) is 4.79 Å². The molecule has 2 unspecified atom stereocenters. The van der Waals surface area contributed by atoms with Crippen molar-refractivity contribution in [1.29, 1.82) is 5.26 Å². The highest BCUT2D eigenvalue weighted by Gasteiger charge is 2.38. The number of pyridine rings is 1. The van der Waals surface area contributed by atoms with Crippen LogP contribution >= 0.6 is 11.3 Å². The largest absolute Gasteiger partial charge is 0.467 e. The van der Waals surface area contributed by atoms with Gasteiger partial charge in [0.25, 0.3) is 0 Å². The Morgan fingerprint density at radius 3 is 2.82 bits per heavy atom. The molecule has 1 fully saturated rings. The van der Waals surface area contributed by atoms with Crippen LogP contribution in [0.2, 0.25) is 0 Å². The first-order valence-corrected chi connectivity index (χ1v) is 12.1. The predicted octanol–water partition coefficient (Wildman–Crippen LogP) is 3.82. The number of nitrogens with zero attached hydrogens (tertiary/aromatic N) is 6. The van der Waals surface area contributed by atoms with Crippen molar-refractivity contribution < 1.29 is 22.7 Å². The third-order valence-corrected chi connectivity index (χ3v) is 7.58. The fourth-order valence-corrected chi connectivity index (χ4v) is 5.59. The summed E-state index contributed by atoms with van der Waals surface area (Å²) in [7, 11) is 2.88. The Morgan fingerprint density at radius 2 is 2.13 bits per heavy atom. The summed E-state index contributed by atoms with van der Waals surface area (Å²) in [4.78, 5) is 27.6. The second kappa shape index (κ2) is 9.46. The molecule has 1 aromatic carbocycles. The molecule has 4 aromatic rings. The number of thiophene rings is 1. The van der Waals surface area contributed by atoms with Gasteiger partial charge in [-0.25, -0.2) is 13.2 Å². The lowest BCUT2D eigenvalue weighted by Gasteiger charge is -2.27. The minimum atomic E-state index is -1.40. The standard InChI is InChI=1S/C25H20F3N7O2S/c1-4-17(36)35-9-15(27)16(10-35)34(2)24-13-8-31-20(19(28)21(13)32-25(33-24)37-3)11-5-6-14(26)22-18(11)12(7-29)23(30)38-22/h4-6,8,15-16H,1,9-10,30H2,2-3H3. The first-order chi connectivity index (χ1) is 18.2. The molecule has 13 heteroatoms. The molecule has 0 bridgehead atoms. The summed E-state index contributed by atoms with van der Waals surface area (Å²) in [5.74, 6) is -1.72. The van der Waals surface area contributed by atoms with Gasteiger partial charge < -0.3 is 20.3 Å². The monoisotopic (exact) mass is 539 g/mol. The number of amides is 1. The SMILES string of the molecule is C=CC(=O)N1CC(F)C(N(C)c2nc(OC)nc3c(F)c(-c4ccc(F)c5sc(N)c(C#N)c45)ncc23)C1. The van der Waals surface area contributed by atoms with E-state index in [1.807, 2.05) is 6.07 Å². The third kappa shape index (κ3) is 3.84. The lowest BCUT2D eigenvalue weighted by Crippen LogP contribution is -2.40. The van der Waals surface area contributed by atoms with Crippen molar-refractivity contribution in [1.82, 2.24) is 19.9 Å². The number of nitrogen functional groups attached to an aromatic ring is 1. The van der Waals surface area contributed by atoms with E-state index in [-0.39, 0.29) is 67.7 Å². The summed E-state index contributed by atoms with van der Waals surface area (Å²) in [5.41, 5.74) is 5.75. The molecule has 5 rings (SSSR count). The van der Waals surface area contributed by atoms with Gasteiger partial charge in [0, 0.05) is 30.7 Å². The highest BCUT2D eigenvalue weighted by atomic mass is 32.1. The minimum absolute atomic E-state index is 0.0235. The number of benzene rings is 1. The number of hydrogen-bond acceptors (Lipinski definition) is 9. The minimum Gasteiger partial charge on any atom is -0.467 e. The molecule has 4 heterocycles. The molecular formula is C25H20F3N7O2S. The molecule has 3 aromatic heterocycles. The summed E-state index contributed by atoms with van der Waals surface area (Å²) in [5, 5.41) is 10.0. The van der Waals surface area contributed by atoms with Crippen molar-refractivity contribution in [2.75, 3.05) is 37.9 Å². The molecule has 0 radical (unpaired) electrons. The second-order valence-corrected chi connectivity index (χ2v) is 9.66. The number of methoxy groups -OCH3 is 1. The quantitative estimate of drug-likeness (QED) is 0.380. The van der Waals surface area contributed by atoms with E-state index in [1.165, 1.54) is 29.2 Å². The van der Waals surface area contributed by atoms with Crippen LogP contribution < -0.4 is 15.4 Å². The fourth-order valence-electron chi connectivity index (χ4n) is 4.65. The van der Waals surface area contributed by atoms with E-state index in [4.69, 9.17) is 10.5 Å². The average Bonchev–Trinajstić information content (AvgIpc) is 3.48. The number of anilines is 2. The zero-order chi connectivity index (χ0) is 27.3. The summed E-state index contributed by atoms with van der Waals surface area (Å²) in [6.45, 7) is 3.38. The number of carbonyl (C=O) groups is 1. The van der Waals surface area contributed by atoms with Crippen molar-refractivity contribution in [2.45, 2.75) is 12.2 Å². The van der Waals surface area contributed by atoms with Crippen LogP contribution in [0.15, 0.2) is 31.0 Å². The second-order valence-electron chi connectivity index (χ2n) is 8.61. The van der Waals surface area contributed by atoms with Crippen LogP contribution in [0, 0.1) is 23.0 Å². The number of alkyl halides is 1. The van der Waals surface area contributed by atoms with Gasteiger partial charge in [-0.15, -0.1) is 11.3 Å². The number of likely N-dealkylation sites (tertiary alicyclic amines) is 1. The Hall–Kier alpha value is -4.44. The van der Waals surface area contributed by atoms with Gasteiger partial charge in [-0.3, -0.25) is 9.78 Å². The number of rotatable bonds is 5. The molecule has 1 amide bonds. The maximum absolute atomic E-state index is 16.1. The van der Waals surface area contributed by atoms with Gasteiger partial charge in [0.15, 0.2) is 5.82 Å². The molecule has 1 aliphatic rings. The van der Waals surface area contributed by atoms with Crippen molar-refractivity contribution in [3.63, 3.8) is 0 Å². The van der Waals surface area contributed by atoms with Gasteiger partial charge in [-0.2, -0.15) is 15.2 Å². The van der Waals surface area contributed by atoms with E-state index in [9.17, 15) is 18.8 Å². The smallest absolute Gasteiger partial charge is 0.318 e. The number of aromatic nitrogens is 3. The Morgan fingerprint density at radius 1 is 1.37 bits per heavy atom. The normalized spacial score (nSPS) is 17.1. The number of nitrogens with two attached hydrogens (primary N) is 1. The number of halogens is 3. The molecule has 1 saturated heterocycles. The maximum Gasteiger partial charge on any atom is 0.318 e. The van der Waals surface area contributed by atoms with Crippen LogP contribution in [0.3, 0.4) is 0 Å². The molecule has 38 heavy (non-hydrogen) atoms. The molecule has 194 valence electrons. The fraction of sp³-hybridized carbons (Fsp3) is 0.240. The summed E-state index contributed by atoms with van der Waals surface area (Å²) in [6.07, 6.45) is 1.03. The number of hydrogen-bond donors (Lipinski definition) is 1. The highest BCUT2D eigenvalue weighted by Crippen LogP contribution is 2.42. The molecule has 0 spiro atoms.